The minimum Gasteiger partial charge on any atom is -0.480 e. The van der Waals surface area contributed by atoms with Crippen molar-refractivity contribution in [2.24, 2.45) is 0 Å². The number of hydrogen-bond donors (Lipinski definition) is 1. The van der Waals surface area contributed by atoms with Crippen LogP contribution in [0.2, 0.25) is 0 Å². The summed E-state index contributed by atoms with van der Waals surface area (Å²) in [7, 11) is 0. The van der Waals surface area contributed by atoms with Crippen molar-refractivity contribution in [1.82, 2.24) is 19.4 Å². The van der Waals surface area contributed by atoms with Crippen LogP contribution in [0.3, 0.4) is 0 Å². The number of thioether (sulfide) groups is 1. The second-order valence-corrected chi connectivity index (χ2v) is 7.11. The molecule has 24 heavy (non-hydrogen) atoms. The Balaban J connectivity index is 2.04. The third-order valence-electron chi connectivity index (χ3n) is 4.33. The van der Waals surface area contributed by atoms with Gasteiger partial charge in [0.2, 0.25) is 0 Å². The van der Waals surface area contributed by atoms with Gasteiger partial charge in [0.05, 0.1) is 5.03 Å². The molecule has 0 saturated heterocycles. The molecule has 0 amide bonds. The molecule has 0 atom stereocenters. The Labute approximate surface area is 149 Å². The third kappa shape index (κ3) is 5.11. The number of aromatic nitrogens is 3. The molecule has 0 radical (unpaired) electrons. The number of hydrogen-bond acceptors (Lipinski definition) is 5. The van der Waals surface area contributed by atoms with Gasteiger partial charge in [-0.1, -0.05) is 40.0 Å². The summed E-state index contributed by atoms with van der Waals surface area (Å²) in [5, 5.41) is 11.2. The summed E-state index contributed by atoms with van der Waals surface area (Å²) in [5.41, 5.74) is 1.56. The van der Waals surface area contributed by atoms with E-state index in [1.165, 1.54) is 25.7 Å². The average Bonchev–Trinajstić information content (AvgIpc) is 2.90. The van der Waals surface area contributed by atoms with E-state index in [-0.39, 0.29) is 6.01 Å². The third-order valence-corrected chi connectivity index (χ3v) is 5.34. The Morgan fingerprint density at radius 1 is 1.08 bits per heavy atom. The molecule has 0 saturated carbocycles. The summed E-state index contributed by atoms with van der Waals surface area (Å²) in [5.74, 6) is 1.10. The fourth-order valence-corrected chi connectivity index (χ4v) is 3.62. The SMILES string of the molecule is CCCCCCSc1ccc2nc(O)n(CCN(CC)CC)c2n1. The van der Waals surface area contributed by atoms with Crippen molar-refractivity contribution < 1.29 is 5.11 Å². The minimum atomic E-state index is 0.0646. The van der Waals surface area contributed by atoms with Gasteiger partial charge in [-0.25, -0.2) is 4.98 Å². The van der Waals surface area contributed by atoms with Crippen LogP contribution in [-0.2, 0) is 6.54 Å². The molecule has 0 aliphatic heterocycles. The van der Waals surface area contributed by atoms with Crippen LogP contribution in [0.25, 0.3) is 11.2 Å². The van der Waals surface area contributed by atoms with Crippen molar-refractivity contribution in [3.63, 3.8) is 0 Å². The number of nitrogens with zero attached hydrogens (tertiary/aromatic N) is 4. The van der Waals surface area contributed by atoms with Gasteiger partial charge in [0.25, 0.3) is 6.01 Å². The standard InChI is InChI=1S/C18H30N4OS/c1-4-7-8-9-14-24-16-11-10-15-17(20-16)22(18(23)19-15)13-12-21(5-2)6-3/h10-11H,4-9,12-14H2,1-3H3,(H,19,23). The van der Waals surface area contributed by atoms with Gasteiger partial charge in [-0.3, -0.25) is 4.57 Å². The maximum absolute atomic E-state index is 10.1. The van der Waals surface area contributed by atoms with Crippen molar-refractivity contribution in [2.45, 2.75) is 58.0 Å². The van der Waals surface area contributed by atoms with Gasteiger partial charge >= 0.3 is 0 Å². The Morgan fingerprint density at radius 2 is 1.88 bits per heavy atom. The molecular weight excluding hydrogens is 320 g/mol. The monoisotopic (exact) mass is 350 g/mol. The van der Waals surface area contributed by atoms with Crippen molar-refractivity contribution in [3.8, 4) is 6.01 Å². The van der Waals surface area contributed by atoms with E-state index in [1.54, 1.807) is 11.8 Å². The van der Waals surface area contributed by atoms with Crippen molar-refractivity contribution >= 4 is 22.9 Å². The molecule has 2 aromatic heterocycles. The molecule has 0 bridgehead atoms. The van der Waals surface area contributed by atoms with Crippen LogP contribution >= 0.6 is 11.8 Å². The van der Waals surface area contributed by atoms with E-state index in [4.69, 9.17) is 4.98 Å². The minimum absolute atomic E-state index is 0.0646. The summed E-state index contributed by atoms with van der Waals surface area (Å²) in [6.07, 6.45) is 5.08. The molecular formula is C18H30N4OS. The molecule has 0 fully saturated rings. The Hall–Kier alpha value is -1.27. The predicted molar refractivity (Wildman–Crippen MR) is 102 cm³/mol. The largest absolute Gasteiger partial charge is 0.480 e. The van der Waals surface area contributed by atoms with Crippen LogP contribution in [0.5, 0.6) is 6.01 Å². The Kier molecular flexibility index (Phi) is 7.85. The molecule has 0 aliphatic rings. The lowest BCUT2D eigenvalue weighted by atomic mass is 10.2. The van der Waals surface area contributed by atoms with Crippen molar-refractivity contribution in [1.29, 1.82) is 0 Å². The van der Waals surface area contributed by atoms with Crippen LogP contribution in [0.1, 0.15) is 46.5 Å². The lowest BCUT2D eigenvalue weighted by molar-refractivity contribution is 0.283. The molecule has 0 aromatic carbocycles. The van der Waals surface area contributed by atoms with Gasteiger partial charge in [-0.05, 0) is 37.4 Å². The van der Waals surface area contributed by atoms with Gasteiger partial charge in [-0.15, -0.1) is 11.8 Å². The number of imidazole rings is 1. The summed E-state index contributed by atoms with van der Waals surface area (Å²) in [4.78, 5) is 11.3. The topological polar surface area (TPSA) is 54.2 Å². The molecule has 6 heteroatoms. The first-order valence-electron chi connectivity index (χ1n) is 9.10. The number of likely N-dealkylation sites (N-methyl/N-ethyl adjacent to an activating group) is 1. The highest BCUT2D eigenvalue weighted by Crippen LogP contribution is 2.24. The Morgan fingerprint density at radius 3 is 2.58 bits per heavy atom. The van der Waals surface area contributed by atoms with Crippen LogP contribution in [-0.4, -0.2) is 49.9 Å². The lowest BCUT2D eigenvalue weighted by Crippen LogP contribution is -2.27. The van der Waals surface area contributed by atoms with Crippen LogP contribution in [0, 0.1) is 0 Å². The van der Waals surface area contributed by atoms with Crippen molar-refractivity contribution in [3.05, 3.63) is 12.1 Å². The molecule has 134 valence electrons. The normalized spacial score (nSPS) is 11.7. The zero-order valence-corrected chi connectivity index (χ0v) is 16.0. The number of aromatic hydroxyl groups is 1. The predicted octanol–water partition coefficient (Wildman–Crippen LogP) is 4.15. The first kappa shape index (κ1) is 19.1. The van der Waals surface area contributed by atoms with Crippen LogP contribution in [0.4, 0.5) is 0 Å². The lowest BCUT2D eigenvalue weighted by Gasteiger charge is -2.18. The molecule has 0 spiro atoms. The van der Waals surface area contributed by atoms with E-state index in [1.807, 2.05) is 16.7 Å². The Bertz CT molecular complexity index is 625. The number of unbranched alkanes of at least 4 members (excludes halogenated alkanes) is 3. The van der Waals surface area contributed by atoms with Gasteiger partial charge in [-0.2, -0.15) is 4.98 Å². The number of fused-ring (bicyclic) bond motifs is 1. The summed E-state index contributed by atoms with van der Waals surface area (Å²) in [6.45, 7) is 10.2. The zero-order chi connectivity index (χ0) is 17.4. The zero-order valence-electron chi connectivity index (χ0n) is 15.2. The first-order chi connectivity index (χ1) is 11.7. The second-order valence-electron chi connectivity index (χ2n) is 5.99. The van der Waals surface area contributed by atoms with Crippen LogP contribution < -0.4 is 0 Å². The molecule has 2 rings (SSSR count). The maximum Gasteiger partial charge on any atom is 0.296 e. The van der Waals surface area contributed by atoms with Gasteiger partial charge in [0.1, 0.15) is 5.52 Å². The summed E-state index contributed by atoms with van der Waals surface area (Å²) in [6, 6.07) is 4.04. The molecule has 2 heterocycles. The fraction of sp³-hybridized carbons (Fsp3) is 0.667. The van der Waals surface area contributed by atoms with Gasteiger partial charge < -0.3 is 10.0 Å². The average molecular weight is 351 g/mol. The van der Waals surface area contributed by atoms with E-state index in [0.717, 1.165) is 41.6 Å². The highest BCUT2D eigenvalue weighted by Gasteiger charge is 2.12. The second kappa shape index (κ2) is 9.89. The summed E-state index contributed by atoms with van der Waals surface area (Å²) >= 11 is 1.79. The van der Waals surface area contributed by atoms with Gasteiger partial charge in [0.15, 0.2) is 5.65 Å². The molecule has 1 N–H and O–H groups in total. The molecule has 5 nitrogen and oxygen atoms in total. The molecule has 2 aromatic rings. The molecule has 0 unspecified atom stereocenters. The van der Waals surface area contributed by atoms with Gasteiger partial charge in [0, 0.05) is 13.1 Å². The van der Waals surface area contributed by atoms with Crippen molar-refractivity contribution in [2.75, 3.05) is 25.4 Å². The van der Waals surface area contributed by atoms with Crippen LogP contribution in [0.15, 0.2) is 17.2 Å². The van der Waals surface area contributed by atoms with E-state index in [0.29, 0.717) is 6.54 Å². The number of rotatable bonds is 11. The smallest absolute Gasteiger partial charge is 0.296 e. The van der Waals surface area contributed by atoms with E-state index in [9.17, 15) is 5.11 Å². The fourth-order valence-electron chi connectivity index (χ4n) is 2.75. The maximum atomic E-state index is 10.1. The first-order valence-corrected chi connectivity index (χ1v) is 10.1. The highest BCUT2D eigenvalue weighted by atomic mass is 32.2. The molecule has 0 aliphatic carbocycles. The van der Waals surface area contributed by atoms with E-state index in [2.05, 4.69) is 30.7 Å². The quantitative estimate of drug-likeness (QED) is 0.487. The van der Waals surface area contributed by atoms with E-state index >= 15 is 0 Å². The highest BCUT2D eigenvalue weighted by molar-refractivity contribution is 7.99. The van der Waals surface area contributed by atoms with E-state index < -0.39 is 0 Å². The summed E-state index contributed by atoms with van der Waals surface area (Å²) < 4.78 is 1.83. The number of pyridine rings is 1.